The Morgan fingerprint density at radius 3 is 2.61 bits per heavy atom. The minimum Gasteiger partial charge on any atom is -0.356 e. The average Bonchev–Trinajstić information content (AvgIpc) is 3.16. The molecule has 0 aliphatic heterocycles. The number of amides is 1. The van der Waals surface area contributed by atoms with Gasteiger partial charge in [-0.15, -0.1) is 0 Å². The number of carbonyl (C=O) groups excluding carboxylic acids is 1. The zero-order valence-electron chi connectivity index (χ0n) is 20.3. The van der Waals surface area contributed by atoms with E-state index in [0.717, 1.165) is 43.6 Å². The summed E-state index contributed by atoms with van der Waals surface area (Å²) in [6.45, 7) is 8.10. The van der Waals surface area contributed by atoms with E-state index in [1.165, 1.54) is 22.7 Å². The van der Waals surface area contributed by atoms with Gasteiger partial charge in [-0.05, 0) is 56.7 Å². The molecule has 1 aromatic carbocycles. The van der Waals surface area contributed by atoms with Gasteiger partial charge < -0.3 is 9.88 Å². The lowest BCUT2D eigenvalue weighted by molar-refractivity contribution is -0.121. The lowest BCUT2D eigenvalue weighted by Gasteiger charge is -2.18. The number of sulfonamides is 1. The molecule has 33 heavy (non-hydrogen) atoms. The monoisotopic (exact) mass is 474 g/mol. The van der Waals surface area contributed by atoms with Gasteiger partial charge in [0, 0.05) is 39.0 Å². The van der Waals surface area contributed by atoms with Crippen molar-refractivity contribution in [3.05, 3.63) is 35.7 Å². The van der Waals surface area contributed by atoms with Crippen molar-refractivity contribution in [2.75, 3.05) is 19.6 Å². The summed E-state index contributed by atoms with van der Waals surface area (Å²) in [5.74, 6) is 0.862. The van der Waals surface area contributed by atoms with Crippen LogP contribution in [-0.4, -0.2) is 47.8 Å². The van der Waals surface area contributed by atoms with Gasteiger partial charge in [-0.3, -0.25) is 4.79 Å². The molecule has 1 N–H and O–H groups in total. The van der Waals surface area contributed by atoms with Crippen LogP contribution < -0.4 is 5.32 Å². The van der Waals surface area contributed by atoms with Crippen molar-refractivity contribution in [1.82, 2.24) is 19.2 Å². The third-order valence-electron chi connectivity index (χ3n) is 6.32. The highest BCUT2D eigenvalue weighted by Gasteiger charge is 2.23. The average molecular weight is 475 g/mol. The van der Waals surface area contributed by atoms with Crippen LogP contribution in [0.4, 0.5) is 0 Å². The summed E-state index contributed by atoms with van der Waals surface area (Å²) in [6, 6.07) is 5.17. The number of hydrogen-bond donors (Lipinski definition) is 1. The van der Waals surface area contributed by atoms with E-state index >= 15 is 0 Å². The van der Waals surface area contributed by atoms with Crippen LogP contribution in [-0.2, 0) is 27.8 Å². The first-order valence-electron chi connectivity index (χ1n) is 12.3. The van der Waals surface area contributed by atoms with Crippen LogP contribution >= 0.6 is 0 Å². The number of fused-ring (bicyclic) bond motifs is 1. The third kappa shape index (κ3) is 6.23. The molecule has 1 heterocycles. The van der Waals surface area contributed by atoms with E-state index in [-0.39, 0.29) is 10.8 Å². The van der Waals surface area contributed by atoms with Crippen molar-refractivity contribution >= 4 is 27.0 Å². The number of aromatic nitrogens is 2. The summed E-state index contributed by atoms with van der Waals surface area (Å²) >= 11 is 0. The summed E-state index contributed by atoms with van der Waals surface area (Å²) in [6.07, 6.45) is 9.93. The molecule has 0 radical (unpaired) electrons. The standard InChI is InChI=1S/C25H38N4O3S/c1-4-18-29-23-13-12-21(33(31,32)28(5-2)6-3)19-22(23)27-24(29)14-15-25(30)26-17-16-20-10-8-7-9-11-20/h10,12-13,19H,4-9,11,14-18H2,1-3H3,(H,26,30). The van der Waals surface area contributed by atoms with Gasteiger partial charge in [-0.1, -0.05) is 32.4 Å². The van der Waals surface area contributed by atoms with E-state index in [0.29, 0.717) is 38.0 Å². The maximum Gasteiger partial charge on any atom is 0.243 e. The Hall–Kier alpha value is -2.19. The van der Waals surface area contributed by atoms with Gasteiger partial charge in [0.1, 0.15) is 5.82 Å². The van der Waals surface area contributed by atoms with E-state index in [4.69, 9.17) is 4.98 Å². The van der Waals surface area contributed by atoms with Gasteiger partial charge in [-0.2, -0.15) is 4.31 Å². The van der Waals surface area contributed by atoms with Crippen LogP contribution in [0.25, 0.3) is 11.0 Å². The molecule has 0 atom stereocenters. The summed E-state index contributed by atoms with van der Waals surface area (Å²) in [4.78, 5) is 17.4. The smallest absolute Gasteiger partial charge is 0.243 e. The van der Waals surface area contributed by atoms with Crippen molar-refractivity contribution < 1.29 is 13.2 Å². The van der Waals surface area contributed by atoms with E-state index in [1.54, 1.807) is 12.1 Å². The Balaban J connectivity index is 1.70. The molecule has 1 aliphatic rings. The molecule has 1 aliphatic carbocycles. The predicted molar refractivity (Wildman–Crippen MR) is 133 cm³/mol. The van der Waals surface area contributed by atoms with Crippen molar-refractivity contribution in [2.24, 2.45) is 0 Å². The Morgan fingerprint density at radius 1 is 1.15 bits per heavy atom. The molecule has 8 heteroatoms. The molecule has 3 rings (SSSR count). The summed E-state index contributed by atoms with van der Waals surface area (Å²) in [7, 11) is -3.54. The molecule has 0 fully saturated rings. The number of carbonyl (C=O) groups is 1. The predicted octanol–water partition coefficient (Wildman–Crippen LogP) is 4.42. The largest absolute Gasteiger partial charge is 0.356 e. The van der Waals surface area contributed by atoms with Gasteiger partial charge in [0.05, 0.1) is 15.9 Å². The lowest BCUT2D eigenvalue weighted by atomic mass is 9.97. The molecule has 7 nitrogen and oxygen atoms in total. The number of allylic oxidation sites excluding steroid dienone is 1. The number of benzene rings is 1. The second kappa shape index (κ2) is 11.8. The second-order valence-corrected chi connectivity index (χ2v) is 10.6. The van der Waals surface area contributed by atoms with Crippen LogP contribution in [0.2, 0.25) is 0 Å². The zero-order valence-corrected chi connectivity index (χ0v) is 21.1. The maximum atomic E-state index is 12.9. The number of nitrogens with one attached hydrogen (secondary N) is 1. The number of rotatable bonds is 12. The molecule has 1 aromatic heterocycles. The first-order valence-corrected chi connectivity index (χ1v) is 13.8. The maximum absolute atomic E-state index is 12.9. The lowest BCUT2D eigenvalue weighted by Crippen LogP contribution is -2.30. The summed E-state index contributed by atoms with van der Waals surface area (Å²) in [5, 5.41) is 3.04. The normalized spacial score (nSPS) is 14.6. The SMILES string of the molecule is CCCn1c(CCC(=O)NCCC2=CCCCC2)nc2cc(S(=O)(=O)N(CC)CC)ccc21. The Labute approximate surface area is 198 Å². The molecule has 0 saturated carbocycles. The highest BCUT2D eigenvalue weighted by atomic mass is 32.2. The Kier molecular flexibility index (Phi) is 9.09. The third-order valence-corrected chi connectivity index (χ3v) is 8.36. The quantitative estimate of drug-likeness (QED) is 0.462. The molecule has 2 aromatic rings. The fraction of sp³-hybridized carbons (Fsp3) is 0.600. The first-order chi connectivity index (χ1) is 15.9. The highest BCUT2D eigenvalue weighted by Crippen LogP contribution is 2.24. The van der Waals surface area contributed by atoms with Crippen LogP contribution in [0.5, 0.6) is 0 Å². The minimum atomic E-state index is -3.54. The number of nitrogens with zero attached hydrogens (tertiary/aromatic N) is 3. The van der Waals surface area contributed by atoms with Crippen molar-refractivity contribution in [1.29, 1.82) is 0 Å². The van der Waals surface area contributed by atoms with Crippen LogP contribution in [0.15, 0.2) is 34.7 Å². The topological polar surface area (TPSA) is 84.3 Å². The molecule has 1 amide bonds. The highest BCUT2D eigenvalue weighted by molar-refractivity contribution is 7.89. The fourth-order valence-corrected chi connectivity index (χ4v) is 5.98. The van der Waals surface area contributed by atoms with E-state index < -0.39 is 10.0 Å². The van der Waals surface area contributed by atoms with Crippen LogP contribution in [0.1, 0.15) is 71.5 Å². The summed E-state index contributed by atoms with van der Waals surface area (Å²) in [5.41, 5.74) is 3.04. The fourth-order valence-electron chi connectivity index (χ4n) is 4.50. The molecule has 0 saturated heterocycles. The van der Waals surface area contributed by atoms with Crippen molar-refractivity contribution in [3.8, 4) is 0 Å². The van der Waals surface area contributed by atoms with Gasteiger partial charge in [-0.25, -0.2) is 13.4 Å². The molecular weight excluding hydrogens is 436 g/mol. The van der Waals surface area contributed by atoms with Gasteiger partial charge in [0.15, 0.2) is 0 Å². The first kappa shape index (κ1) is 25.4. The van der Waals surface area contributed by atoms with E-state index in [2.05, 4.69) is 22.9 Å². The van der Waals surface area contributed by atoms with Crippen molar-refractivity contribution in [2.45, 2.75) is 83.6 Å². The number of hydrogen-bond acceptors (Lipinski definition) is 4. The zero-order chi connectivity index (χ0) is 23.8. The minimum absolute atomic E-state index is 0.0336. The van der Waals surface area contributed by atoms with Gasteiger partial charge in [0.2, 0.25) is 15.9 Å². The van der Waals surface area contributed by atoms with E-state index in [1.807, 2.05) is 19.9 Å². The van der Waals surface area contributed by atoms with Crippen LogP contribution in [0.3, 0.4) is 0 Å². The molecule has 0 unspecified atom stereocenters. The van der Waals surface area contributed by atoms with Gasteiger partial charge in [0.25, 0.3) is 0 Å². The number of aryl methyl sites for hydroxylation is 2. The Morgan fingerprint density at radius 2 is 1.94 bits per heavy atom. The molecule has 182 valence electrons. The second-order valence-electron chi connectivity index (χ2n) is 8.63. The molecule has 0 bridgehead atoms. The Bertz CT molecular complexity index is 1080. The van der Waals surface area contributed by atoms with E-state index in [9.17, 15) is 13.2 Å². The summed E-state index contributed by atoms with van der Waals surface area (Å²) < 4.78 is 29.4. The van der Waals surface area contributed by atoms with Gasteiger partial charge >= 0.3 is 0 Å². The molecular formula is C25H38N4O3S. The van der Waals surface area contributed by atoms with Crippen molar-refractivity contribution in [3.63, 3.8) is 0 Å². The van der Waals surface area contributed by atoms with Crippen LogP contribution in [0, 0.1) is 0 Å². The molecule has 0 spiro atoms. The number of imidazole rings is 1.